The third-order valence-corrected chi connectivity index (χ3v) is 5.79. The van der Waals surface area contributed by atoms with Crippen LogP contribution < -0.4 is 0 Å². The first-order valence-electron chi connectivity index (χ1n) is 9.79. The summed E-state index contributed by atoms with van der Waals surface area (Å²) in [6, 6.07) is 3.73. The first kappa shape index (κ1) is 19.8. The monoisotopic (exact) mass is 345 g/mol. The predicted molar refractivity (Wildman–Crippen MR) is 106 cm³/mol. The van der Waals surface area contributed by atoms with Crippen molar-refractivity contribution in [1.29, 1.82) is 0 Å². The van der Waals surface area contributed by atoms with Gasteiger partial charge in [-0.2, -0.15) is 0 Å². The lowest BCUT2D eigenvalue weighted by Gasteiger charge is -2.29. The highest BCUT2D eigenvalue weighted by atomic mass is 16.3. The van der Waals surface area contributed by atoms with E-state index in [1.54, 1.807) is 0 Å². The summed E-state index contributed by atoms with van der Waals surface area (Å²) >= 11 is 0. The van der Waals surface area contributed by atoms with Crippen molar-refractivity contribution >= 4 is 5.57 Å². The van der Waals surface area contributed by atoms with Crippen LogP contribution in [0.4, 0.5) is 0 Å². The summed E-state index contributed by atoms with van der Waals surface area (Å²) in [6.07, 6.45) is 7.06. The Hall–Kier alpha value is -1.48. The predicted octanol–water partition coefficient (Wildman–Crippen LogP) is 5.38. The SMILES string of the molecule is CCCCCC(C)C(C)c1cc(O)c(C2=CCN(C)CC2C)c(O)c1. The third kappa shape index (κ3) is 4.78. The van der Waals surface area contributed by atoms with E-state index in [1.165, 1.54) is 25.7 Å². The molecule has 0 saturated carbocycles. The highest BCUT2D eigenvalue weighted by Gasteiger charge is 2.24. The van der Waals surface area contributed by atoms with Crippen LogP contribution in [0.5, 0.6) is 11.5 Å². The van der Waals surface area contributed by atoms with Crippen LogP contribution in [0.15, 0.2) is 18.2 Å². The van der Waals surface area contributed by atoms with Gasteiger partial charge in [0.05, 0.1) is 5.56 Å². The fourth-order valence-electron chi connectivity index (χ4n) is 3.93. The Labute approximate surface area is 153 Å². The number of likely N-dealkylation sites (N-methyl/N-ethyl adjacent to an activating group) is 1. The zero-order chi connectivity index (χ0) is 18.6. The van der Waals surface area contributed by atoms with Crippen LogP contribution in [-0.4, -0.2) is 35.3 Å². The fraction of sp³-hybridized carbons (Fsp3) is 0.636. The molecule has 0 radical (unpaired) electrons. The number of aromatic hydroxyl groups is 2. The average Bonchev–Trinajstić information content (AvgIpc) is 2.55. The molecule has 1 heterocycles. The van der Waals surface area contributed by atoms with E-state index < -0.39 is 0 Å². The number of phenols is 2. The normalized spacial score (nSPS) is 21.0. The molecule has 1 aliphatic heterocycles. The number of phenolic OH excluding ortho intramolecular Hbond substituents is 2. The van der Waals surface area contributed by atoms with Crippen molar-refractivity contribution in [1.82, 2.24) is 4.90 Å². The summed E-state index contributed by atoms with van der Waals surface area (Å²) in [5, 5.41) is 21.3. The summed E-state index contributed by atoms with van der Waals surface area (Å²) in [6.45, 7) is 10.6. The van der Waals surface area contributed by atoms with Crippen molar-refractivity contribution in [3.63, 3.8) is 0 Å². The van der Waals surface area contributed by atoms with Gasteiger partial charge in [-0.05, 0) is 48.1 Å². The number of hydrogen-bond acceptors (Lipinski definition) is 3. The minimum Gasteiger partial charge on any atom is -0.507 e. The van der Waals surface area contributed by atoms with Gasteiger partial charge in [-0.15, -0.1) is 0 Å². The highest BCUT2D eigenvalue weighted by Crippen LogP contribution is 2.42. The Morgan fingerprint density at radius 1 is 1.16 bits per heavy atom. The minimum atomic E-state index is 0.213. The molecule has 3 atom stereocenters. The van der Waals surface area contributed by atoms with Gasteiger partial charge in [-0.1, -0.05) is 59.5 Å². The van der Waals surface area contributed by atoms with E-state index in [0.29, 0.717) is 23.3 Å². The zero-order valence-electron chi connectivity index (χ0n) is 16.5. The molecule has 0 saturated heterocycles. The Kier molecular flexibility index (Phi) is 6.95. The van der Waals surface area contributed by atoms with E-state index in [1.807, 2.05) is 12.1 Å². The molecule has 0 aromatic heterocycles. The molecule has 2 N–H and O–H groups in total. The molecule has 0 aliphatic carbocycles. The van der Waals surface area contributed by atoms with Crippen LogP contribution in [-0.2, 0) is 0 Å². The maximum atomic E-state index is 10.6. The van der Waals surface area contributed by atoms with Gasteiger partial charge in [-0.25, -0.2) is 0 Å². The molecular formula is C22H35NO2. The van der Waals surface area contributed by atoms with Gasteiger partial charge in [0.15, 0.2) is 0 Å². The molecule has 0 fully saturated rings. The van der Waals surface area contributed by atoms with Gasteiger partial charge in [0.1, 0.15) is 11.5 Å². The highest BCUT2D eigenvalue weighted by molar-refractivity contribution is 5.77. The van der Waals surface area contributed by atoms with E-state index in [0.717, 1.165) is 24.2 Å². The van der Waals surface area contributed by atoms with Gasteiger partial charge in [0.25, 0.3) is 0 Å². The summed E-state index contributed by atoms with van der Waals surface area (Å²) in [7, 11) is 2.09. The molecule has 3 nitrogen and oxygen atoms in total. The second-order valence-corrected chi connectivity index (χ2v) is 7.98. The summed E-state index contributed by atoms with van der Waals surface area (Å²) < 4.78 is 0. The molecular weight excluding hydrogens is 310 g/mol. The van der Waals surface area contributed by atoms with Crippen molar-refractivity contribution in [2.75, 3.05) is 20.1 Å². The van der Waals surface area contributed by atoms with Gasteiger partial charge < -0.3 is 15.1 Å². The molecule has 140 valence electrons. The minimum absolute atomic E-state index is 0.213. The van der Waals surface area contributed by atoms with Crippen LogP contribution >= 0.6 is 0 Å². The van der Waals surface area contributed by atoms with Crippen molar-refractivity contribution in [2.45, 2.75) is 59.3 Å². The number of hydrogen-bond donors (Lipinski definition) is 2. The number of unbranched alkanes of at least 4 members (excludes halogenated alkanes) is 2. The first-order chi connectivity index (χ1) is 11.8. The van der Waals surface area contributed by atoms with Crippen LogP contribution in [0.25, 0.3) is 5.57 Å². The Bertz CT molecular complexity index is 585. The van der Waals surface area contributed by atoms with Gasteiger partial charge in [-0.3, -0.25) is 0 Å². The van der Waals surface area contributed by atoms with Gasteiger partial charge in [0, 0.05) is 13.1 Å². The molecule has 0 bridgehead atoms. The molecule has 3 heteroatoms. The second-order valence-electron chi connectivity index (χ2n) is 7.98. The standard InChI is InChI=1S/C22H35NO2/c1-6-7-8-9-15(2)17(4)18-12-20(24)22(21(25)13-18)19-10-11-23(5)14-16(19)3/h10,12-13,15-17,24-25H,6-9,11,14H2,1-5H3. The lowest BCUT2D eigenvalue weighted by Crippen LogP contribution is -2.29. The lowest BCUT2D eigenvalue weighted by molar-refractivity contribution is 0.328. The van der Waals surface area contributed by atoms with Crippen molar-refractivity contribution in [3.8, 4) is 11.5 Å². The van der Waals surface area contributed by atoms with Crippen molar-refractivity contribution in [2.24, 2.45) is 11.8 Å². The van der Waals surface area contributed by atoms with E-state index in [2.05, 4.69) is 45.7 Å². The van der Waals surface area contributed by atoms with Crippen LogP contribution in [0.1, 0.15) is 70.4 Å². The smallest absolute Gasteiger partial charge is 0.127 e. The molecule has 2 rings (SSSR count). The maximum absolute atomic E-state index is 10.6. The van der Waals surface area contributed by atoms with E-state index >= 15 is 0 Å². The molecule has 25 heavy (non-hydrogen) atoms. The van der Waals surface area contributed by atoms with Crippen molar-refractivity contribution in [3.05, 3.63) is 29.3 Å². The van der Waals surface area contributed by atoms with Gasteiger partial charge in [0.2, 0.25) is 0 Å². The lowest BCUT2D eigenvalue weighted by atomic mass is 9.83. The molecule has 0 spiro atoms. The van der Waals surface area contributed by atoms with Gasteiger partial charge >= 0.3 is 0 Å². The quantitative estimate of drug-likeness (QED) is 0.652. The molecule has 1 aromatic carbocycles. The van der Waals surface area contributed by atoms with Crippen LogP contribution in [0, 0.1) is 11.8 Å². The fourth-order valence-corrected chi connectivity index (χ4v) is 3.93. The summed E-state index contributed by atoms with van der Waals surface area (Å²) in [4.78, 5) is 2.25. The zero-order valence-corrected chi connectivity index (χ0v) is 16.5. The Balaban J connectivity index is 2.22. The number of rotatable bonds is 7. The van der Waals surface area contributed by atoms with Crippen molar-refractivity contribution < 1.29 is 10.2 Å². The summed E-state index contributed by atoms with van der Waals surface area (Å²) in [5.74, 6) is 1.59. The number of benzene rings is 1. The maximum Gasteiger partial charge on any atom is 0.127 e. The largest absolute Gasteiger partial charge is 0.507 e. The van der Waals surface area contributed by atoms with Crippen LogP contribution in [0.3, 0.4) is 0 Å². The topological polar surface area (TPSA) is 43.7 Å². The third-order valence-electron chi connectivity index (χ3n) is 5.79. The Morgan fingerprint density at radius 2 is 1.80 bits per heavy atom. The molecule has 3 unspecified atom stereocenters. The van der Waals surface area contributed by atoms with E-state index in [9.17, 15) is 10.2 Å². The van der Waals surface area contributed by atoms with E-state index in [-0.39, 0.29) is 11.5 Å². The molecule has 0 amide bonds. The summed E-state index contributed by atoms with van der Waals surface area (Å²) in [5.41, 5.74) is 2.71. The van der Waals surface area contributed by atoms with Crippen LogP contribution in [0.2, 0.25) is 0 Å². The molecule has 1 aromatic rings. The second kappa shape index (κ2) is 8.75. The molecule has 1 aliphatic rings. The van der Waals surface area contributed by atoms with E-state index in [4.69, 9.17) is 0 Å². The average molecular weight is 346 g/mol. The number of nitrogens with zero attached hydrogens (tertiary/aromatic N) is 1. The first-order valence-corrected chi connectivity index (χ1v) is 9.79. The Morgan fingerprint density at radius 3 is 2.36 bits per heavy atom.